The summed E-state index contributed by atoms with van der Waals surface area (Å²) in [6.45, 7) is 0.172. The fraction of sp³-hybridized carbons (Fsp3) is 0.769. The number of aliphatic hydroxyl groups excluding tert-OH is 1. The standard InChI is InChI=1S/C13H18F3NO2/c1-8(9-2-3-9)11(14)12(19)17-5-4-10(6-18)13(15,16)7-17/h9-10,18H,2-7H2,1H3/b11-8-. The summed E-state index contributed by atoms with van der Waals surface area (Å²) in [5.74, 6) is -6.04. The maximum atomic E-state index is 13.9. The van der Waals surface area contributed by atoms with Crippen LogP contribution in [0.4, 0.5) is 13.2 Å². The zero-order chi connectivity index (χ0) is 14.2. The van der Waals surface area contributed by atoms with Gasteiger partial charge in [-0.05, 0) is 37.7 Å². The molecule has 0 aromatic carbocycles. The fourth-order valence-corrected chi connectivity index (χ4v) is 2.39. The van der Waals surface area contributed by atoms with E-state index in [1.165, 1.54) is 0 Å². The molecular weight excluding hydrogens is 259 g/mol. The molecule has 6 heteroatoms. The van der Waals surface area contributed by atoms with Crippen LogP contribution in [0, 0.1) is 11.8 Å². The number of likely N-dealkylation sites (tertiary alicyclic amines) is 1. The van der Waals surface area contributed by atoms with Crippen LogP contribution >= 0.6 is 0 Å². The molecule has 1 aliphatic carbocycles. The van der Waals surface area contributed by atoms with Crippen molar-refractivity contribution in [3.63, 3.8) is 0 Å². The molecule has 2 rings (SSSR count). The van der Waals surface area contributed by atoms with E-state index < -0.39 is 36.7 Å². The topological polar surface area (TPSA) is 40.5 Å². The third kappa shape index (κ3) is 2.94. The predicted octanol–water partition coefficient (Wildman–Crippen LogP) is 2.12. The van der Waals surface area contributed by atoms with Crippen LogP contribution in [0.25, 0.3) is 0 Å². The number of carbonyl (C=O) groups is 1. The highest BCUT2D eigenvalue weighted by Gasteiger charge is 2.46. The number of rotatable bonds is 3. The molecule has 0 spiro atoms. The monoisotopic (exact) mass is 277 g/mol. The Bertz CT molecular complexity index is 405. The number of hydrogen-bond acceptors (Lipinski definition) is 2. The van der Waals surface area contributed by atoms with E-state index in [2.05, 4.69) is 0 Å². The zero-order valence-corrected chi connectivity index (χ0v) is 10.8. The number of allylic oxidation sites excluding steroid dienone is 1. The van der Waals surface area contributed by atoms with E-state index in [0.717, 1.165) is 17.7 Å². The highest BCUT2D eigenvalue weighted by atomic mass is 19.3. The second kappa shape index (κ2) is 5.15. The lowest BCUT2D eigenvalue weighted by Gasteiger charge is -2.37. The molecule has 0 aromatic rings. The molecule has 2 aliphatic rings. The molecule has 1 unspecified atom stereocenters. The van der Waals surface area contributed by atoms with Crippen molar-refractivity contribution in [1.29, 1.82) is 0 Å². The van der Waals surface area contributed by atoms with Crippen LogP contribution in [0.5, 0.6) is 0 Å². The third-order valence-electron chi connectivity index (χ3n) is 3.98. The van der Waals surface area contributed by atoms with Gasteiger partial charge in [0.05, 0.1) is 13.2 Å². The number of aliphatic hydroxyl groups is 1. The van der Waals surface area contributed by atoms with Gasteiger partial charge in [0.15, 0.2) is 5.83 Å². The number of amides is 1. The summed E-state index contributed by atoms with van der Waals surface area (Å²) in [5, 5.41) is 8.86. The molecule has 1 atom stereocenters. The normalized spacial score (nSPS) is 28.1. The Hall–Kier alpha value is -1.04. The van der Waals surface area contributed by atoms with Gasteiger partial charge >= 0.3 is 0 Å². The molecule has 1 amide bonds. The highest BCUT2D eigenvalue weighted by Crippen LogP contribution is 2.39. The molecule has 1 saturated carbocycles. The Kier molecular flexibility index (Phi) is 3.90. The number of hydrogen-bond donors (Lipinski definition) is 1. The molecular formula is C13H18F3NO2. The van der Waals surface area contributed by atoms with Crippen LogP contribution in [0.3, 0.4) is 0 Å². The molecule has 0 bridgehead atoms. The first-order chi connectivity index (χ1) is 8.86. The van der Waals surface area contributed by atoms with Gasteiger partial charge in [-0.3, -0.25) is 4.79 Å². The Morgan fingerprint density at radius 3 is 2.47 bits per heavy atom. The van der Waals surface area contributed by atoms with Crippen LogP contribution in [0.2, 0.25) is 0 Å². The molecule has 1 aliphatic heterocycles. The Balaban J connectivity index is 2.07. The predicted molar refractivity (Wildman–Crippen MR) is 63.3 cm³/mol. The highest BCUT2D eigenvalue weighted by molar-refractivity contribution is 5.92. The van der Waals surface area contributed by atoms with Crippen LogP contribution in [-0.4, -0.2) is 41.5 Å². The minimum atomic E-state index is -3.16. The van der Waals surface area contributed by atoms with Crippen LogP contribution in [0.1, 0.15) is 26.2 Å². The Morgan fingerprint density at radius 1 is 1.37 bits per heavy atom. The van der Waals surface area contributed by atoms with E-state index in [0.29, 0.717) is 5.57 Å². The molecule has 108 valence electrons. The van der Waals surface area contributed by atoms with Crippen LogP contribution in [-0.2, 0) is 4.79 Å². The van der Waals surface area contributed by atoms with E-state index >= 15 is 0 Å². The van der Waals surface area contributed by atoms with E-state index in [4.69, 9.17) is 5.11 Å². The van der Waals surface area contributed by atoms with Gasteiger partial charge in [-0.25, -0.2) is 13.2 Å². The fourth-order valence-electron chi connectivity index (χ4n) is 2.39. The van der Waals surface area contributed by atoms with E-state index in [9.17, 15) is 18.0 Å². The van der Waals surface area contributed by atoms with Crippen LogP contribution in [0.15, 0.2) is 11.4 Å². The first-order valence-corrected chi connectivity index (χ1v) is 6.51. The van der Waals surface area contributed by atoms with Crippen molar-refractivity contribution in [2.75, 3.05) is 19.7 Å². The lowest BCUT2D eigenvalue weighted by atomic mass is 9.93. The summed E-state index contributed by atoms with van der Waals surface area (Å²) in [5.41, 5.74) is 0.373. The number of halogens is 3. The molecule has 19 heavy (non-hydrogen) atoms. The second-order valence-electron chi connectivity index (χ2n) is 5.43. The summed E-state index contributed by atoms with van der Waals surface area (Å²) >= 11 is 0. The summed E-state index contributed by atoms with van der Waals surface area (Å²) in [6.07, 6.45) is 1.70. The molecule has 3 nitrogen and oxygen atoms in total. The maximum Gasteiger partial charge on any atom is 0.282 e. The third-order valence-corrected chi connectivity index (χ3v) is 3.98. The van der Waals surface area contributed by atoms with Crippen molar-refractivity contribution >= 4 is 5.91 Å². The smallest absolute Gasteiger partial charge is 0.282 e. The first kappa shape index (κ1) is 14.4. The average molecular weight is 277 g/mol. The van der Waals surface area contributed by atoms with Gasteiger partial charge in [-0.2, -0.15) is 0 Å². The lowest BCUT2D eigenvalue weighted by molar-refractivity contribution is -0.152. The Labute approximate surface area is 110 Å². The largest absolute Gasteiger partial charge is 0.396 e. The zero-order valence-electron chi connectivity index (χ0n) is 10.8. The first-order valence-electron chi connectivity index (χ1n) is 6.51. The molecule has 1 saturated heterocycles. The van der Waals surface area contributed by atoms with E-state index in [-0.39, 0.29) is 18.9 Å². The van der Waals surface area contributed by atoms with Crippen molar-refractivity contribution in [2.45, 2.75) is 32.1 Å². The molecule has 0 radical (unpaired) electrons. The number of alkyl halides is 2. The quantitative estimate of drug-likeness (QED) is 0.803. The van der Waals surface area contributed by atoms with Gasteiger partial charge in [0.1, 0.15) is 0 Å². The van der Waals surface area contributed by atoms with Gasteiger partial charge in [0.2, 0.25) is 0 Å². The van der Waals surface area contributed by atoms with Crippen LogP contribution < -0.4 is 0 Å². The number of nitrogens with zero attached hydrogens (tertiary/aromatic N) is 1. The summed E-state index contributed by atoms with van der Waals surface area (Å²) in [6, 6.07) is 0. The molecule has 1 heterocycles. The number of piperidine rings is 1. The van der Waals surface area contributed by atoms with Gasteiger partial charge < -0.3 is 10.0 Å². The maximum absolute atomic E-state index is 13.9. The van der Waals surface area contributed by atoms with E-state index in [1.54, 1.807) is 6.92 Å². The van der Waals surface area contributed by atoms with Crippen molar-refractivity contribution in [3.05, 3.63) is 11.4 Å². The van der Waals surface area contributed by atoms with Crippen molar-refractivity contribution in [2.24, 2.45) is 11.8 Å². The Morgan fingerprint density at radius 2 is 2.00 bits per heavy atom. The minimum Gasteiger partial charge on any atom is -0.396 e. The molecule has 2 fully saturated rings. The van der Waals surface area contributed by atoms with Gasteiger partial charge in [-0.1, -0.05) is 0 Å². The summed E-state index contributed by atoms with van der Waals surface area (Å²) < 4.78 is 41.1. The van der Waals surface area contributed by atoms with Gasteiger partial charge in [-0.15, -0.1) is 0 Å². The number of carbonyl (C=O) groups excluding carboxylic acids is 1. The second-order valence-corrected chi connectivity index (χ2v) is 5.43. The van der Waals surface area contributed by atoms with Crippen molar-refractivity contribution in [1.82, 2.24) is 4.90 Å². The summed E-state index contributed by atoms with van der Waals surface area (Å²) in [7, 11) is 0. The minimum absolute atomic E-state index is 0.00893. The van der Waals surface area contributed by atoms with Gasteiger partial charge in [0.25, 0.3) is 11.8 Å². The average Bonchev–Trinajstić information content (AvgIpc) is 3.19. The SMILES string of the molecule is C/C(=C(/F)C(=O)N1CCC(CO)C(F)(F)C1)C1CC1. The summed E-state index contributed by atoms with van der Waals surface area (Å²) in [4.78, 5) is 12.7. The van der Waals surface area contributed by atoms with Crippen molar-refractivity contribution in [3.8, 4) is 0 Å². The van der Waals surface area contributed by atoms with E-state index in [1.807, 2.05) is 0 Å². The van der Waals surface area contributed by atoms with Gasteiger partial charge in [0, 0.05) is 12.5 Å². The van der Waals surface area contributed by atoms with Crippen molar-refractivity contribution < 1.29 is 23.1 Å². The molecule has 1 N–H and O–H groups in total. The molecule has 0 aromatic heterocycles. The lowest BCUT2D eigenvalue weighted by Crippen LogP contribution is -2.51.